The van der Waals surface area contributed by atoms with Gasteiger partial charge in [-0.05, 0) is 59.2 Å². The largest absolute Gasteiger partial charge is 0.478 e. The Kier molecular flexibility index (Phi) is 5.38. The summed E-state index contributed by atoms with van der Waals surface area (Å²) in [6.07, 6.45) is 0.804. The molecule has 1 aliphatic rings. The van der Waals surface area contributed by atoms with Crippen molar-refractivity contribution in [3.63, 3.8) is 0 Å². The van der Waals surface area contributed by atoms with Crippen molar-refractivity contribution >= 4 is 28.9 Å². The number of hydrogen-bond donors (Lipinski definition) is 3. The standard InChI is InChI=1S/C22H27ClN2O2/c1-13(2)12-24-19-10-14(5-7-17(19)23)20-22(3,4)11-16-9-15(21(26)27)6-8-18(16)25-20/h5-10,13,20,24-25H,11-12H2,1-4H3,(H,26,27). The van der Waals surface area contributed by atoms with Crippen LogP contribution in [0.3, 0.4) is 0 Å². The van der Waals surface area contributed by atoms with Gasteiger partial charge >= 0.3 is 5.97 Å². The number of hydrogen-bond acceptors (Lipinski definition) is 3. The van der Waals surface area contributed by atoms with Crippen molar-refractivity contribution in [1.29, 1.82) is 0 Å². The number of carboxylic acid groups (broad SMARTS) is 1. The van der Waals surface area contributed by atoms with E-state index in [1.165, 1.54) is 5.56 Å². The number of carbonyl (C=O) groups is 1. The van der Waals surface area contributed by atoms with Gasteiger partial charge in [0.05, 0.1) is 22.3 Å². The van der Waals surface area contributed by atoms with E-state index in [1.807, 2.05) is 12.1 Å². The maximum Gasteiger partial charge on any atom is 0.335 e. The second-order valence-corrected chi connectivity index (χ2v) is 8.84. The van der Waals surface area contributed by atoms with Crippen LogP contribution < -0.4 is 10.6 Å². The highest BCUT2D eigenvalue weighted by Crippen LogP contribution is 2.45. The first-order valence-corrected chi connectivity index (χ1v) is 9.71. The van der Waals surface area contributed by atoms with E-state index >= 15 is 0 Å². The van der Waals surface area contributed by atoms with Crippen LogP contribution in [0.1, 0.15) is 55.2 Å². The number of fused-ring (bicyclic) bond motifs is 1. The number of halogens is 1. The predicted molar refractivity (Wildman–Crippen MR) is 112 cm³/mol. The number of nitrogens with one attached hydrogen (secondary N) is 2. The molecule has 2 aromatic rings. The number of carboxylic acids is 1. The van der Waals surface area contributed by atoms with Gasteiger partial charge in [0.1, 0.15) is 0 Å². The van der Waals surface area contributed by atoms with E-state index in [1.54, 1.807) is 12.1 Å². The molecule has 2 aromatic carbocycles. The Bertz CT molecular complexity index is 861. The van der Waals surface area contributed by atoms with Gasteiger partial charge in [0, 0.05) is 12.2 Å². The summed E-state index contributed by atoms with van der Waals surface area (Å²) in [6.45, 7) is 9.61. The van der Waals surface area contributed by atoms with Crippen LogP contribution in [0, 0.1) is 11.3 Å². The highest BCUT2D eigenvalue weighted by molar-refractivity contribution is 6.33. The van der Waals surface area contributed by atoms with Crippen LogP contribution in [0.15, 0.2) is 36.4 Å². The first-order valence-electron chi connectivity index (χ1n) is 9.33. The van der Waals surface area contributed by atoms with Crippen LogP contribution in [-0.4, -0.2) is 17.6 Å². The number of aromatic carboxylic acids is 1. The Morgan fingerprint density at radius 1 is 1.30 bits per heavy atom. The van der Waals surface area contributed by atoms with Gasteiger partial charge in [-0.3, -0.25) is 0 Å². The second kappa shape index (κ2) is 7.43. The van der Waals surface area contributed by atoms with E-state index < -0.39 is 5.97 Å². The zero-order valence-corrected chi connectivity index (χ0v) is 17.0. The minimum atomic E-state index is -0.892. The molecule has 0 amide bonds. The SMILES string of the molecule is CC(C)CNc1cc(C2Nc3ccc(C(=O)O)cc3CC2(C)C)ccc1Cl. The highest BCUT2D eigenvalue weighted by atomic mass is 35.5. The maximum atomic E-state index is 11.3. The molecule has 0 saturated carbocycles. The van der Waals surface area contributed by atoms with Crippen molar-refractivity contribution in [2.24, 2.45) is 11.3 Å². The Morgan fingerprint density at radius 2 is 2.04 bits per heavy atom. The molecule has 0 spiro atoms. The molecule has 4 nitrogen and oxygen atoms in total. The molecule has 0 aliphatic carbocycles. The van der Waals surface area contributed by atoms with E-state index in [2.05, 4.69) is 50.5 Å². The molecule has 144 valence electrons. The second-order valence-electron chi connectivity index (χ2n) is 8.43. The third-order valence-corrected chi connectivity index (χ3v) is 5.43. The molecule has 1 atom stereocenters. The van der Waals surface area contributed by atoms with E-state index in [0.717, 1.165) is 34.9 Å². The van der Waals surface area contributed by atoms with Gasteiger partial charge in [-0.1, -0.05) is 45.4 Å². The van der Waals surface area contributed by atoms with E-state index in [4.69, 9.17) is 11.6 Å². The Labute approximate surface area is 165 Å². The Hall–Kier alpha value is -2.20. The molecule has 1 heterocycles. The van der Waals surface area contributed by atoms with Gasteiger partial charge in [0.15, 0.2) is 0 Å². The molecule has 0 bridgehead atoms. The van der Waals surface area contributed by atoms with E-state index in [9.17, 15) is 9.90 Å². The summed E-state index contributed by atoms with van der Waals surface area (Å²) in [7, 11) is 0. The lowest BCUT2D eigenvalue weighted by Crippen LogP contribution is -2.35. The van der Waals surface area contributed by atoms with Crippen LogP contribution in [0.4, 0.5) is 11.4 Å². The summed E-state index contributed by atoms with van der Waals surface area (Å²) in [4.78, 5) is 11.3. The first kappa shape index (κ1) is 19.6. The van der Waals surface area contributed by atoms with Crippen LogP contribution in [0.2, 0.25) is 5.02 Å². The molecule has 1 aliphatic heterocycles. The normalized spacial score (nSPS) is 17.9. The lowest BCUT2D eigenvalue weighted by Gasteiger charge is -2.41. The Morgan fingerprint density at radius 3 is 2.70 bits per heavy atom. The number of benzene rings is 2. The van der Waals surface area contributed by atoms with Gasteiger partial charge in [0.25, 0.3) is 0 Å². The van der Waals surface area contributed by atoms with Gasteiger partial charge < -0.3 is 15.7 Å². The maximum absolute atomic E-state index is 11.3. The van der Waals surface area contributed by atoms with Crippen LogP contribution in [0.25, 0.3) is 0 Å². The fourth-order valence-corrected chi connectivity index (χ4v) is 3.85. The van der Waals surface area contributed by atoms with Crippen LogP contribution in [0.5, 0.6) is 0 Å². The molecule has 0 radical (unpaired) electrons. The molecule has 0 fully saturated rings. The van der Waals surface area contributed by atoms with E-state index in [-0.39, 0.29) is 11.5 Å². The monoisotopic (exact) mass is 386 g/mol. The quantitative estimate of drug-likeness (QED) is 0.603. The zero-order valence-electron chi connectivity index (χ0n) is 16.3. The summed E-state index contributed by atoms with van der Waals surface area (Å²) in [5.74, 6) is -0.361. The molecule has 1 unspecified atom stereocenters. The van der Waals surface area contributed by atoms with Crippen molar-refractivity contribution < 1.29 is 9.90 Å². The third-order valence-electron chi connectivity index (χ3n) is 5.10. The molecular formula is C22H27ClN2O2. The van der Waals surface area contributed by atoms with Crippen molar-refractivity contribution in [1.82, 2.24) is 0 Å². The van der Waals surface area contributed by atoms with Gasteiger partial charge in [0.2, 0.25) is 0 Å². The predicted octanol–water partition coefficient (Wildman–Crippen LogP) is 5.84. The van der Waals surface area contributed by atoms with E-state index in [0.29, 0.717) is 11.5 Å². The lowest BCUT2D eigenvalue weighted by atomic mass is 9.72. The Balaban J connectivity index is 1.93. The van der Waals surface area contributed by atoms with Crippen molar-refractivity contribution in [3.05, 3.63) is 58.1 Å². The average Bonchev–Trinajstić information content (AvgIpc) is 2.59. The fraction of sp³-hybridized carbons (Fsp3) is 0.409. The minimum absolute atomic E-state index is 0.0761. The summed E-state index contributed by atoms with van der Waals surface area (Å²) in [6, 6.07) is 11.5. The summed E-state index contributed by atoms with van der Waals surface area (Å²) < 4.78 is 0. The van der Waals surface area contributed by atoms with Gasteiger partial charge in [-0.25, -0.2) is 4.79 Å². The van der Waals surface area contributed by atoms with Gasteiger partial charge in [-0.15, -0.1) is 0 Å². The first-order chi connectivity index (χ1) is 12.7. The van der Waals surface area contributed by atoms with Gasteiger partial charge in [-0.2, -0.15) is 0 Å². The molecule has 0 aromatic heterocycles. The number of anilines is 2. The summed E-state index contributed by atoms with van der Waals surface area (Å²) >= 11 is 6.38. The molecule has 3 rings (SSSR count). The molecule has 27 heavy (non-hydrogen) atoms. The summed E-state index contributed by atoms with van der Waals surface area (Å²) in [5.41, 5.74) is 4.42. The summed E-state index contributed by atoms with van der Waals surface area (Å²) in [5, 5.41) is 17.0. The lowest BCUT2D eigenvalue weighted by molar-refractivity contribution is 0.0696. The smallest absolute Gasteiger partial charge is 0.335 e. The van der Waals surface area contributed by atoms with Crippen molar-refractivity contribution in [2.45, 2.75) is 40.2 Å². The van der Waals surface area contributed by atoms with Crippen molar-refractivity contribution in [2.75, 3.05) is 17.2 Å². The highest BCUT2D eigenvalue weighted by Gasteiger charge is 2.36. The molecule has 5 heteroatoms. The topological polar surface area (TPSA) is 61.4 Å². The average molecular weight is 387 g/mol. The molecule has 0 saturated heterocycles. The fourth-order valence-electron chi connectivity index (χ4n) is 3.66. The molecule has 3 N–H and O–H groups in total. The van der Waals surface area contributed by atoms with Crippen molar-refractivity contribution in [3.8, 4) is 0 Å². The molecular weight excluding hydrogens is 360 g/mol. The third kappa shape index (κ3) is 4.22. The minimum Gasteiger partial charge on any atom is -0.478 e. The number of rotatable bonds is 5. The van der Waals surface area contributed by atoms with Crippen LogP contribution >= 0.6 is 11.6 Å². The van der Waals surface area contributed by atoms with Crippen LogP contribution in [-0.2, 0) is 6.42 Å². The zero-order chi connectivity index (χ0) is 19.8.